The number of amides is 1. The van der Waals surface area contributed by atoms with Crippen molar-refractivity contribution in [3.8, 4) is 0 Å². The van der Waals surface area contributed by atoms with Crippen LogP contribution >= 0.6 is 11.3 Å². The van der Waals surface area contributed by atoms with Gasteiger partial charge in [-0.15, -0.1) is 11.3 Å². The van der Waals surface area contributed by atoms with Crippen molar-refractivity contribution in [3.05, 3.63) is 34.3 Å². The zero-order valence-electron chi connectivity index (χ0n) is 12.9. The van der Waals surface area contributed by atoms with E-state index in [2.05, 4.69) is 10.2 Å². The number of nitrogens with one attached hydrogen (secondary N) is 1. The van der Waals surface area contributed by atoms with Gasteiger partial charge in [-0.3, -0.25) is 9.89 Å². The van der Waals surface area contributed by atoms with Gasteiger partial charge in [0.2, 0.25) is 0 Å². The van der Waals surface area contributed by atoms with Gasteiger partial charge >= 0.3 is 0 Å². The number of carbonyl (C=O) groups is 1. The van der Waals surface area contributed by atoms with Gasteiger partial charge in [0.1, 0.15) is 4.90 Å². The molecule has 1 aliphatic heterocycles. The number of hydrogen-bond donors (Lipinski definition) is 1. The van der Waals surface area contributed by atoms with Crippen LogP contribution < -0.4 is 0 Å². The average molecular weight is 353 g/mol. The van der Waals surface area contributed by atoms with E-state index in [9.17, 15) is 13.2 Å². The first kappa shape index (κ1) is 16.2. The van der Waals surface area contributed by atoms with E-state index in [0.29, 0.717) is 18.7 Å². The van der Waals surface area contributed by atoms with E-state index in [-0.39, 0.29) is 16.7 Å². The molecule has 3 heterocycles. The maximum atomic E-state index is 12.5. The fourth-order valence-corrected chi connectivity index (χ4v) is 4.54. The van der Waals surface area contributed by atoms with Crippen molar-refractivity contribution in [2.24, 2.45) is 5.92 Å². The van der Waals surface area contributed by atoms with Gasteiger partial charge in [-0.05, 0) is 36.6 Å². The maximum absolute atomic E-state index is 12.5. The van der Waals surface area contributed by atoms with E-state index < -0.39 is 9.84 Å². The molecule has 0 saturated carbocycles. The molecule has 0 spiro atoms. The molecule has 0 bridgehead atoms. The standard InChI is InChI=1S/C15H19N3O3S2/c1-23(20,21)14-9-16-17-12(14)8-11-4-2-6-18(10-11)15(19)13-5-3-7-22-13/h3,5,7,9,11H,2,4,6,8,10H2,1H3,(H,16,17). The van der Waals surface area contributed by atoms with E-state index in [1.807, 2.05) is 22.4 Å². The number of aromatic amines is 1. The third-order valence-electron chi connectivity index (χ3n) is 4.11. The van der Waals surface area contributed by atoms with E-state index in [1.165, 1.54) is 23.8 Å². The summed E-state index contributed by atoms with van der Waals surface area (Å²) in [6.07, 6.45) is 5.06. The molecule has 1 atom stereocenters. The maximum Gasteiger partial charge on any atom is 0.263 e. The fraction of sp³-hybridized carbons (Fsp3) is 0.467. The monoisotopic (exact) mass is 353 g/mol. The van der Waals surface area contributed by atoms with Crippen molar-refractivity contribution in [3.63, 3.8) is 0 Å². The number of hydrogen-bond acceptors (Lipinski definition) is 5. The van der Waals surface area contributed by atoms with Crippen molar-refractivity contribution in [2.45, 2.75) is 24.2 Å². The van der Waals surface area contributed by atoms with Crippen molar-refractivity contribution >= 4 is 27.1 Å². The summed E-state index contributed by atoms with van der Waals surface area (Å²) in [5.41, 5.74) is 0.642. The Hall–Kier alpha value is -1.67. The van der Waals surface area contributed by atoms with Crippen LogP contribution in [0.4, 0.5) is 0 Å². The lowest BCUT2D eigenvalue weighted by Crippen LogP contribution is -2.40. The topological polar surface area (TPSA) is 83.1 Å². The Balaban J connectivity index is 1.70. The molecule has 124 valence electrons. The molecule has 3 rings (SSSR count). The molecule has 1 fully saturated rings. The smallest absolute Gasteiger partial charge is 0.263 e. The summed E-state index contributed by atoms with van der Waals surface area (Å²) in [6.45, 7) is 1.41. The molecule has 1 unspecified atom stereocenters. The van der Waals surface area contributed by atoms with Crippen LogP contribution in [0.1, 0.15) is 28.2 Å². The summed E-state index contributed by atoms with van der Waals surface area (Å²) < 4.78 is 23.5. The van der Waals surface area contributed by atoms with Gasteiger partial charge in [0.15, 0.2) is 9.84 Å². The number of thiophene rings is 1. The van der Waals surface area contributed by atoms with Crippen LogP contribution in [-0.4, -0.2) is 48.8 Å². The Kier molecular flexibility index (Phi) is 4.54. The van der Waals surface area contributed by atoms with Gasteiger partial charge in [0.05, 0.1) is 16.8 Å². The van der Waals surface area contributed by atoms with E-state index >= 15 is 0 Å². The van der Waals surface area contributed by atoms with E-state index in [1.54, 1.807) is 0 Å². The Morgan fingerprint density at radius 3 is 3.04 bits per heavy atom. The van der Waals surface area contributed by atoms with Crippen LogP contribution in [0.3, 0.4) is 0 Å². The number of sulfone groups is 1. The van der Waals surface area contributed by atoms with Crippen LogP contribution in [0.2, 0.25) is 0 Å². The summed E-state index contributed by atoms with van der Waals surface area (Å²) in [7, 11) is -3.28. The minimum Gasteiger partial charge on any atom is -0.338 e. The molecule has 23 heavy (non-hydrogen) atoms. The van der Waals surface area contributed by atoms with Crippen molar-refractivity contribution in [1.82, 2.24) is 15.1 Å². The van der Waals surface area contributed by atoms with Gasteiger partial charge < -0.3 is 4.90 Å². The molecule has 0 aliphatic carbocycles. The quantitative estimate of drug-likeness (QED) is 0.911. The second-order valence-corrected chi connectivity index (χ2v) is 8.86. The number of rotatable bonds is 4. The van der Waals surface area contributed by atoms with Crippen LogP contribution in [-0.2, 0) is 16.3 Å². The number of aromatic nitrogens is 2. The summed E-state index contributed by atoms with van der Waals surface area (Å²) in [5.74, 6) is 0.311. The molecule has 1 saturated heterocycles. The molecule has 1 N–H and O–H groups in total. The Morgan fingerprint density at radius 1 is 1.52 bits per heavy atom. The van der Waals surface area contributed by atoms with Crippen molar-refractivity contribution < 1.29 is 13.2 Å². The minimum atomic E-state index is -3.28. The largest absolute Gasteiger partial charge is 0.338 e. The first-order valence-corrected chi connectivity index (χ1v) is 10.3. The highest BCUT2D eigenvalue weighted by molar-refractivity contribution is 7.90. The minimum absolute atomic E-state index is 0.0673. The molecular formula is C15H19N3O3S2. The lowest BCUT2D eigenvalue weighted by molar-refractivity contribution is 0.0677. The van der Waals surface area contributed by atoms with Crippen molar-refractivity contribution in [2.75, 3.05) is 19.3 Å². The Bertz CT molecular complexity index is 781. The van der Waals surface area contributed by atoms with E-state index in [4.69, 9.17) is 0 Å². The fourth-order valence-electron chi connectivity index (χ4n) is 3.03. The van der Waals surface area contributed by atoms with Gasteiger partial charge in [-0.25, -0.2) is 8.42 Å². The molecule has 2 aromatic rings. The lowest BCUT2D eigenvalue weighted by atomic mass is 9.93. The molecule has 0 radical (unpaired) electrons. The summed E-state index contributed by atoms with van der Waals surface area (Å²) in [5, 5.41) is 8.57. The third-order valence-corrected chi connectivity index (χ3v) is 6.12. The molecule has 2 aromatic heterocycles. The van der Waals surface area contributed by atoms with Gasteiger partial charge in [-0.2, -0.15) is 5.10 Å². The summed E-state index contributed by atoms with van der Waals surface area (Å²) in [6, 6.07) is 3.72. The summed E-state index contributed by atoms with van der Waals surface area (Å²) in [4.78, 5) is 15.3. The predicted octanol–water partition coefficient (Wildman–Crippen LogP) is 1.97. The first-order valence-electron chi connectivity index (χ1n) is 7.50. The predicted molar refractivity (Wildman–Crippen MR) is 88.3 cm³/mol. The second kappa shape index (κ2) is 6.45. The highest BCUT2D eigenvalue weighted by Gasteiger charge is 2.27. The van der Waals surface area contributed by atoms with Gasteiger partial charge in [0.25, 0.3) is 5.91 Å². The van der Waals surface area contributed by atoms with Gasteiger partial charge in [-0.1, -0.05) is 6.07 Å². The normalized spacial score (nSPS) is 19.0. The SMILES string of the molecule is CS(=O)(=O)c1cn[nH]c1CC1CCCN(C(=O)c2cccs2)C1. The highest BCUT2D eigenvalue weighted by atomic mass is 32.2. The van der Waals surface area contributed by atoms with Crippen LogP contribution in [0.15, 0.2) is 28.6 Å². The molecule has 0 aromatic carbocycles. The lowest BCUT2D eigenvalue weighted by Gasteiger charge is -2.32. The molecule has 6 nitrogen and oxygen atoms in total. The van der Waals surface area contributed by atoms with E-state index in [0.717, 1.165) is 24.3 Å². The second-order valence-electron chi connectivity index (χ2n) is 5.93. The molecule has 8 heteroatoms. The van der Waals surface area contributed by atoms with Crippen LogP contribution in [0, 0.1) is 5.92 Å². The van der Waals surface area contributed by atoms with Crippen LogP contribution in [0.5, 0.6) is 0 Å². The zero-order chi connectivity index (χ0) is 16.4. The van der Waals surface area contributed by atoms with Gasteiger partial charge in [0, 0.05) is 19.3 Å². The number of likely N-dealkylation sites (tertiary alicyclic amines) is 1. The Morgan fingerprint density at radius 2 is 2.35 bits per heavy atom. The highest BCUT2D eigenvalue weighted by Crippen LogP contribution is 2.25. The summed E-state index contributed by atoms with van der Waals surface area (Å²) >= 11 is 1.45. The number of H-pyrrole nitrogens is 1. The third kappa shape index (κ3) is 3.64. The zero-order valence-corrected chi connectivity index (χ0v) is 14.5. The number of carbonyl (C=O) groups excluding carboxylic acids is 1. The number of nitrogens with zero attached hydrogens (tertiary/aromatic N) is 2. The Labute approximate surface area is 139 Å². The molecular weight excluding hydrogens is 334 g/mol. The average Bonchev–Trinajstić information content (AvgIpc) is 3.17. The molecule has 1 amide bonds. The molecule has 1 aliphatic rings. The van der Waals surface area contributed by atoms with Crippen molar-refractivity contribution in [1.29, 1.82) is 0 Å². The van der Waals surface area contributed by atoms with Crippen LogP contribution in [0.25, 0.3) is 0 Å². The number of piperidine rings is 1. The first-order chi connectivity index (χ1) is 10.9.